The van der Waals surface area contributed by atoms with Gasteiger partial charge in [0.15, 0.2) is 0 Å². The standard InChI is InChI=1S/C14H17FN2O4/c1-9-7-10(17(20)21)8-11(12(9)15)13(18)16-5-3-14(2,19)4-6-16/h7-8,19H,3-6H2,1-2H3. The van der Waals surface area contributed by atoms with Crippen molar-refractivity contribution in [2.45, 2.75) is 32.3 Å². The van der Waals surface area contributed by atoms with Crippen LogP contribution in [0.2, 0.25) is 0 Å². The summed E-state index contributed by atoms with van der Waals surface area (Å²) in [7, 11) is 0. The van der Waals surface area contributed by atoms with Gasteiger partial charge >= 0.3 is 0 Å². The van der Waals surface area contributed by atoms with Crippen LogP contribution in [0.25, 0.3) is 0 Å². The largest absolute Gasteiger partial charge is 0.390 e. The number of hydrogen-bond donors (Lipinski definition) is 1. The second-order valence-electron chi connectivity index (χ2n) is 5.67. The number of nitrogens with zero attached hydrogens (tertiary/aromatic N) is 2. The fourth-order valence-electron chi connectivity index (χ4n) is 2.37. The van der Waals surface area contributed by atoms with Gasteiger partial charge in [-0.2, -0.15) is 0 Å². The maximum absolute atomic E-state index is 14.1. The minimum Gasteiger partial charge on any atom is -0.390 e. The molecule has 1 fully saturated rings. The van der Waals surface area contributed by atoms with Crippen LogP contribution in [0.4, 0.5) is 10.1 Å². The Morgan fingerprint density at radius 1 is 1.43 bits per heavy atom. The summed E-state index contributed by atoms with van der Waals surface area (Å²) in [6, 6.07) is 2.07. The molecule has 6 nitrogen and oxygen atoms in total. The summed E-state index contributed by atoms with van der Waals surface area (Å²) >= 11 is 0. The third-order valence-electron chi connectivity index (χ3n) is 3.81. The molecule has 0 radical (unpaired) electrons. The van der Waals surface area contributed by atoms with Gasteiger partial charge in [-0.25, -0.2) is 4.39 Å². The topological polar surface area (TPSA) is 83.7 Å². The van der Waals surface area contributed by atoms with E-state index in [9.17, 15) is 24.4 Å². The highest BCUT2D eigenvalue weighted by molar-refractivity contribution is 5.95. The second-order valence-corrected chi connectivity index (χ2v) is 5.67. The van der Waals surface area contributed by atoms with E-state index in [1.165, 1.54) is 11.8 Å². The Morgan fingerprint density at radius 3 is 2.52 bits per heavy atom. The van der Waals surface area contributed by atoms with Gasteiger partial charge in [0.2, 0.25) is 0 Å². The lowest BCUT2D eigenvalue weighted by Gasteiger charge is -2.35. The minimum absolute atomic E-state index is 0.0663. The fourth-order valence-corrected chi connectivity index (χ4v) is 2.37. The molecule has 21 heavy (non-hydrogen) atoms. The van der Waals surface area contributed by atoms with Crippen LogP contribution in [0.3, 0.4) is 0 Å². The maximum Gasteiger partial charge on any atom is 0.270 e. The molecule has 0 aromatic heterocycles. The average molecular weight is 296 g/mol. The van der Waals surface area contributed by atoms with Crippen molar-refractivity contribution < 1.29 is 19.2 Å². The number of carbonyl (C=O) groups excluding carboxylic acids is 1. The van der Waals surface area contributed by atoms with E-state index in [2.05, 4.69) is 0 Å². The zero-order chi connectivity index (χ0) is 15.8. The Kier molecular flexibility index (Phi) is 3.95. The van der Waals surface area contributed by atoms with Gasteiger partial charge in [0.25, 0.3) is 11.6 Å². The molecule has 1 aliphatic rings. The Bertz CT molecular complexity index is 591. The fraction of sp³-hybridized carbons (Fsp3) is 0.500. The third-order valence-corrected chi connectivity index (χ3v) is 3.81. The van der Waals surface area contributed by atoms with Crippen LogP contribution in [-0.4, -0.2) is 39.5 Å². The lowest BCUT2D eigenvalue weighted by molar-refractivity contribution is -0.385. The molecule has 1 heterocycles. The first-order valence-corrected chi connectivity index (χ1v) is 6.67. The first-order chi connectivity index (χ1) is 9.71. The summed E-state index contributed by atoms with van der Waals surface area (Å²) in [5.74, 6) is -1.31. The zero-order valence-electron chi connectivity index (χ0n) is 11.9. The zero-order valence-corrected chi connectivity index (χ0v) is 11.9. The van der Waals surface area contributed by atoms with Crippen molar-refractivity contribution in [3.63, 3.8) is 0 Å². The van der Waals surface area contributed by atoms with E-state index in [0.29, 0.717) is 25.9 Å². The summed E-state index contributed by atoms with van der Waals surface area (Å²) in [5, 5.41) is 20.7. The van der Waals surface area contributed by atoms with Crippen LogP contribution in [0, 0.1) is 22.9 Å². The number of benzene rings is 1. The number of carbonyl (C=O) groups is 1. The molecule has 0 unspecified atom stereocenters. The highest BCUT2D eigenvalue weighted by atomic mass is 19.1. The van der Waals surface area contributed by atoms with E-state index in [1.54, 1.807) is 6.92 Å². The van der Waals surface area contributed by atoms with E-state index in [1.807, 2.05) is 0 Å². The molecule has 0 atom stereocenters. The van der Waals surface area contributed by atoms with Crippen molar-refractivity contribution in [2.24, 2.45) is 0 Å². The number of likely N-dealkylation sites (tertiary alicyclic amines) is 1. The summed E-state index contributed by atoms with van der Waals surface area (Å²) in [6.07, 6.45) is 0.794. The molecule has 2 rings (SSSR count). The van der Waals surface area contributed by atoms with E-state index < -0.39 is 22.2 Å². The highest BCUT2D eigenvalue weighted by Crippen LogP contribution is 2.26. The monoisotopic (exact) mass is 296 g/mol. The van der Waals surface area contributed by atoms with Crippen LogP contribution in [0.1, 0.15) is 35.7 Å². The average Bonchev–Trinajstić information content (AvgIpc) is 2.40. The molecule has 1 saturated heterocycles. The number of amides is 1. The lowest BCUT2D eigenvalue weighted by atomic mass is 9.93. The first-order valence-electron chi connectivity index (χ1n) is 6.67. The smallest absolute Gasteiger partial charge is 0.270 e. The number of rotatable bonds is 2. The molecule has 1 aromatic carbocycles. The quantitative estimate of drug-likeness (QED) is 0.668. The van der Waals surface area contributed by atoms with Gasteiger partial charge in [-0.05, 0) is 32.3 Å². The van der Waals surface area contributed by atoms with Gasteiger partial charge in [0.05, 0.1) is 16.1 Å². The number of aliphatic hydroxyl groups is 1. The Labute approximate surface area is 121 Å². The first kappa shape index (κ1) is 15.4. The van der Waals surface area contributed by atoms with E-state index in [4.69, 9.17) is 0 Å². The number of piperidine rings is 1. The SMILES string of the molecule is Cc1cc([N+](=O)[O-])cc(C(=O)N2CCC(C)(O)CC2)c1F. The molecule has 0 saturated carbocycles. The van der Waals surface area contributed by atoms with Crippen molar-refractivity contribution in [1.82, 2.24) is 4.90 Å². The van der Waals surface area contributed by atoms with Gasteiger partial charge in [0, 0.05) is 25.2 Å². The molecule has 1 aromatic rings. The Hall–Kier alpha value is -2.02. The summed E-state index contributed by atoms with van der Waals surface area (Å²) in [4.78, 5) is 23.9. The molecule has 114 valence electrons. The predicted molar refractivity (Wildman–Crippen MR) is 73.6 cm³/mol. The van der Waals surface area contributed by atoms with Crippen LogP contribution < -0.4 is 0 Å². The van der Waals surface area contributed by atoms with Gasteiger partial charge in [-0.15, -0.1) is 0 Å². The Morgan fingerprint density at radius 2 is 2.00 bits per heavy atom. The maximum atomic E-state index is 14.1. The molecule has 0 spiro atoms. The van der Waals surface area contributed by atoms with Crippen LogP contribution in [0.15, 0.2) is 12.1 Å². The van der Waals surface area contributed by atoms with Crippen molar-refractivity contribution in [2.75, 3.05) is 13.1 Å². The van der Waals surface area contributed by atoms with E-state index in [-0.39, 0.29) is 16.8 Å². The number of nitro groups is 1. The second kappa shape index (κ2) is 5.40. The molecule has 7 heteroatoms. The van der Waals surface area contributed by atoms with Gasteiger partial charge in [-0.1, -0.05) is 0 Å². The van der Waals surface area contributed by atoms with Gasteiger partial charge in [-0.3, -0.25) is 14.9 Å². The van der Waals surface area contributed by atoms with Crippen LogP contribution >= 0.6 is 0 Å². The number of halogens is 1. The number of nitro benzene ring substituents is 1. The number of non-ortho nitro benzene ring substituents is 1. The molecule has 1 amide bonds. The predicted octanol–water partition coefficient (Wildman–Crippen LogP) is 2.03. The molecule has 0 aliphatic carbocycles. The normalized spacial score (nSPS) is 17.6. The molecular formula is C14H17FN2O4. The molecule has 0 bridgehead atoms. The number of hydrogen-bond acceptors (Lipinski definition) is 4. The molecule has 1 aliphatic heterocycles. The van der Waals surface area contributed by atoms with Gasteiger partial charge in [0.1, 0.15) is 5.82 Å². The van der Waals surface area contributed by atoms with E-state index in [0.717, 1.165) is 12.1 Å². The summed E-state index contributed by atoms with van der Waals surface area (Å²) < 4.78 is 14.1. The van der Waals surface area contributed by atoms with Gasteiger partial charge < -0.3 is 10.0 Å². The molecular weight excluding hydrogens is 279 g/mol. The minimum atomic E-state index is -0.825. The number of aryl methyl sites for hydroxylation is 1. The van der Waals surface area contributed by atoms with Crippen molar-refractivity contribution >= 4 is 11.6 Å². The molecule has 1 N–H and O–H groups in total. The van der Waals surface area contributed by atoms with Crippen molar-refractivity contribution in [3.05, 3.63) is 39.2 Å². The van der Waals surface area contributed by atoms with Crippen molar-refractivity contribution in [3.8, 4) is 0 Å². The Balaban J connectivity index is 2.29. The third kappa shape index (κ3) is 3.18. The lowest BCUT2D eigenvalue weighted by Crippen LogP contribution is -2.45. The van der Waals surface area contributed by atoms with Crippen LogP contribution in [0.5, 0.6) is 0 Å². The summed E-state index contributed by atoms with van der Waals surface area (Å²) in [5.41, 5.74) is -1.35. The van der Waals surface area contributed by atoms with Crippen LogP contribution in [-0.2, 0) is 0 Å². The van der Waals surface area contributed by atoms with E-state index >= 15 is 0 Å². The summed E-state index contributed by atoms with van der Waals surface area (Å²) in [6.45, 7) is 3.67. The highest BCUT2D eigenvalue weighted by Gasteiger charge is 2.31. The van der Waals surface area contributed by atoms with Crippen molar-refractivity contribution in [1.29, 1.82) is 0 Å².